The van der Waals surface area contributed by atoms with Gasteiger partial charge in [-0.05, 0) is 31.2 Å². The van der Waals surface area contributed by atoms with Gasteiger partial charge in [0.05, 0.1) is 11.8 Å². The molecule has 1 amide bonds. The average Bonchev–Trinajstić information content (AvgIpc) is 2.39. The number of carbonyl (C=O) groups excluding carboxylic acids is 1. The zero-order valence-electron chi connectivity index (χ0n) is 10.2. The smallest absolute Gasteiger partial charge is 0.255 e. The molecule has 5 heteroatoms. The van der Waals surface area contributed by atoms with Crippen LogP contribution in [0.15, 0.2) is 18.5 Å². The van der Waals surface area contributed by atoms with Crippen LogP contribution in [0.2, 0.25) is 0 Å². The van der Waals surface area contributed by atoms with Crippen molar-refractivity contribution in [2.24, 2.45) is 5.92 Å². The molecular weight excluding hydrogens is 235 g/mol. The van der Waals surface area contributed by atoms with Gasteiger partial charge >= 0.3 is 0 Å². The quantitative estimate of drug-likeness (QED) is 0.886. The molecule has 0 bridgehead atoms. The summed E-state index contributed by atoms with van der Waals surface area (Å²) in [4.78, 5) is 17.6. The van der Waals surface area contributed by atoms with E-state index in [-0.39, 0.29) is 12.5 Å². The zero-order valence-corrected chi connectivity index (χ0v) is 10.2. The number of likely N-dealkylation sites (tertiary alicyclic amines) is 1. The zero-order chi connectivity index (χ0) is 13.0. The van der Waals surface area contributed by atoms with Crippen LogP contribution in [0.5, 0.6) is 0 Å². The molecule has 1 unspecified atom stereocenters. The van der Waals surface area contributed by atoms with Gasteiger partial charge < -0.3 is 10.0 Å². The van der Waals surface area contributed by atoms with Crippen LogP contribution in [0, 0.1) is 11.7 Å². The van der Waals surface area contributed by atoms with Crippen LogP contribution in [-0.4, -0.2) is 40.6 Å². The van der Waals surface area contributed by atoms with Crippen LogP contribution >= 0.6 is 0 Å². The molecule has 1 aliphatic rings. The highest BCUT2D eigenvalue weighted by Gasteiger charge is 2.24. The Morgan fingerprint density at radius 2 is 2.39 bits per heavy atom. The predicted octanol–water partition coefficient (Wildman–Crippen LogP) is 1.46. The molecule has 0 saturated carbocycles. The normalized spacial score (nSPS) is 19.9. The summed E-state index contributed by atoms with van der Waals surface area (Å²) < 4.78 is 13.0. The molecule has 0 radical (unpaired) electrons. The third-order valence-electron chi connectivity index (χ3n) is 3.30. The predicted molar refractivity (Wildman–Crippen MR) is 64.5 cm³/mol. The van der Waals surface area contributed by atoms with Crippen molar-refractivity contribution < 1.29 is 14.3 Å². The van der Waals surface area contributed by atoms with Crippen molar-refractivity contribution in [2.45, 2.75) is 19.3 Å². The number of aliphatic hydroxyl groups is 1. The highest BCUT2D eigenvalue weighted by molar-refractivity contribution is 5.93. The molecule has 98 valence electrons. The molecule has 4 nitrogen and oxygen atoms in total. The van der Waals surface area contributed by atoms with E-state index in [1.807, 2.05) is 0 Å². The van der Waals surface area contributed by atoms with Crippen molar-refractivity contribution in [3.8, 4) is 0 Å². The summed E-state index contributed by atoms with van der Waals surface area (Å²) in [5.41, 5.74) is 0.291. The fraction of sp³-hybridized carbons (Fsp3) is 0.538. The van der Waals surface area contributed by atoms with Gasteiger partial charge in [-0.3, -0.25) is 9.78 Å². The second-order valence-corrected chi connectivity index (χ2v) is 4.66. The summed E-state index contributed by atoms with van der Waals surface area (Å²) in [5.74, 6) is -0.330. The Balaban J connectivity index is 2.04. The first-order chi connectivity index (χ1) is 8.70. The maximum absolute atomic E-state index is 13.0. The van der Waals surface area contributed by atoms with E-state index in [4.69, 9.17) is 5.11 Å². The third-order valence-corrected chi connectivity index (χ3v) is 3.30. The lowest BCUT2D eigenvalue weighted by Gasteiger charge is -2.32. The average molecular weight is 252 g/mol. The minimum absolute atomic E-state index is 0.147. The Morgan fingerprint density at radius 3 is 3.11 bits per heavy atom. The lowest BCUT2D eigenvalue weighted by atomic mass is 9.95. The van der Waals surface area contributed by atoms with Gasteiger partial charge in [-0.1, -0.05) is 0 Å². The van der Waals surface area contributed by atoms with E-state index in [9.17, 15) is 9.18 Å². The van der Waals surface area contributed by atoms with Crippen molar-refractivity contribution in [3.63, 3.8) is 0 Å². The molecule has 18 heavy (non-hydrogen) atoms. The van der Waals surface area contributed by atoms with E-state index in [1.54, 1.807) is 4.90 Å². The molecule has 1 N–H and O–H groups in total. The van der Waals surface area contributed by atoms with E-state index in [0.717, 1.165) is 19.0 Å². The van der Waals surface area contributed by atoms with Crippen molar-refractivity contribution in [1.29, 1.82) is 0 Å². The standard InChI is InChI=1S/C13H17FN2O2/c14-12-6-11(7-15-8-12)13(18)16-4-1-2-10(9-16)3-5-17/h6-8,10,17H,1-5,9H2. The van der Waals surface area contributed by atoms with E-state index in [1.165, 1.54) is 12.3 Å². The molecule has 1 aromatic heterocycles. The van der Waals surface area contributed by atoms with Crippen LogP contribution in [0.3, 0.4) is 0 Å². The lowest BCUT2D eigenvalue weighted by Crippen LogP contribution is -2.40. The van der Waals surface area contributed by atoms with E-state index in [0.29, 0.717) is 31.0 Å². The molecule has 2 heterocycles. The fourth-order valence-electron chi connectivity index (χ4n) is 2.38. The second-order valence-electron chi connectivity index (χ2n) is 4.66. The van der Waals surface area contributed by atoms with Crippen molar-refractivity contribution in [2.75, 3.05) is 19.7 Å². The molecule has 1 atom stereocenters. The van der Waals surface area contributed by atoms with Gasteiger partial charge in [-0.15, -0.1) is 0 Å². The topological polar surface area (TPSA) is 53.4 Å². The van der Waals surface area contributed by atoms with Gasteiger partial charge in [-0.25, -0.2) is 4.39 Å². The summed E-state index contributed by atoms with van der Waals surface area (Å²) in [5, 5.41) is 8.93. The minimum atomic E-state index is -0.496. The summed E-state index contributed by atoms with van der Waals surface area (Å²) in [7, 11) is 0. The van der Waals surface area contributed by atoms with Crippen LogP contribution in [-0.2, 0) is 0 Å². The Bertz CT molecular complexity index is 423. The van der Waals surface area contributed by atoms with E-state index >= 15 is 0 Å². The first-order valence-electron chi connectivity index (χ1n) is 6.21. The monoisotopic (exact) mass is 252 g/mol. The summed E-state index contributed by atoms with van der Waals surface area (Å²) >= 11 is 0. The van der Waals surface area contributed by atoms with Crippen LogP contribution < -0.4 is 0 Å². The minimum Gasteiger partial charge on any atom is -0.396 e. The molecule has 0 aromatic carbocycles. The molecule has 1 aliphatic heterocycles. The maximum atomic E-state index is 13.0. The van der Waals surface area contributed by atoms with Crippen molar-refractivity contribution in [3.05, 3.63) is 29.8 Å². The van der Waals surface area contributed by atoms with Gasteiger partial charge in [0, 0.05) is 25.9 Å². The SMILES string of the molecule is O=C(c1cncc(F)c1)N1CCCC(CCO)C1. The van der Waals surface area contributed by atoms with Crippen molar-refractivity contribution in [1.82, 2.24) is 9.88 Å². The first-order valence-corrected chi connectivity index (χ1v) is 6.21. The number of hydrogen-bond donors (Lipinski definition) is 1. The van der Waals surface area contributed by atoms with Gasteiger partial charge in [0.25, 0.3) is 5.91 Å². The number of nitrogens with zero attached hydrogens (tertiary/aromatic N) is 2. The number of halogens is 1. The van der Waals surface area contributed by atoms with Crippen LogP contribution in [0.1, 0.15) is 29.6 Å². The number of aliphatic hydroxyl groups excluding tert-OH is 1. The molecule has 1 fully saturated rings. The second kappa shape index (κ2) is 5.91. The Hall–Kier alpha value is -1.49. The highest BCUT2D eigenvalue weighted by atomic mass is 19.1. The van der Waals surface area contributed by atoms with Crippen LogP contribution in [0.25, 0.3) is 0 Å². The number of aromatic nitrogens is 1. The summed E-state index contributed by atoms with van der Waals surface area (Å²) in [6, 6.07) is 1.21. The number of carbonyl (C=O) groups is 1. The molecule has 1 aromatic rings. The summed E-state index contributed by atoms with van der Waals surface area (Å²) in [6.45, 7) is 1.47. The fourth-order valence-corrected chi connectivity index (χ4v) is 2.38. The first kappa shape index (κ1) is 13.0. The Kier molecular flexibility index (Phi) is 4.25. The maximum Gasteiger partial charge on any atom is 0.255 e. The largest absolute Gasteiger partial charge is 0.396 e. The Labute approximate surface area is 105 Å². The molecule has 0 aliphatic carbocycles. The van der Waals surface area contributed by atoms with Crippen molar-refractivity contribution >= 4 is 5.91 Å². The molecule has 1 saturated heterocycles. The van der Waals surface area contributed by atoms with Gasteiger partial charge in [0.1, 0.15) is 5.82 Å². The molecule has 2 rings (SSSR count). The molecular formula is C13H17FN2O2. The third kappa shape index (κ3) is 3.04. The number of hydrogen-bond acceptors (Lipinski definition) is 3. The van der Waals surface area contributed by atoms with Gasteiger partial charge in [0.15, 0.2) is 0 Å². The number of pyridine rings is 1. The highest BCUT2D eigenvalue weighted by Crippen LogP contribution is 2.20. The van der Waals surface area contributed by atoms with Gasteiger partial charge in [0.2, 0.25) is 0 Å². The van der Waals surface area contributed by atoms with Crippen LogP contribution in [0.4, 0.5) is 4.39 Å². The van der Waals surface area contributed by atoms with E-state index in [2.05, 4.69) is 4.98 Å². The number of amides is 1. The number of piperidine rings is 1. The van der Waals surface area contributed by atoms with E-state index < -0.39 is 5.82 Å². The number of rotatable bonds is 3. The Morgan fingerprint density at radius 1 is 1.56 bits per heavy atom. The lowest BCUT2D eigenvalue weighted by molar-refractivity contribution is 0.0652. The molecule has 0 spiro atoms. The van der Waals surface area contributed by atoms with Gasteiger partial charge in [-0.2, -0.15) is 0 Å². The summed E-state index contributed by atoms with van der Waals surface area (Å²) in [6.07, 6.45) is 5.15.